The molecule has 1 unspecified atom stereocenters. The summed E-state index contributed by atoms with van der Waals surface area (Å²) in [5.74, 6) is 1.60. The molecule has 2 aromatic rings. The highest BCUT2D eigenvalue weighted by molar-refractivity contribution is 14.0. The molecule has 7 heteroatoms. The first-order valence-electron chi connectivity index (χ1n) is 9.13. The molecule has 0 radical (unpaired) electrons. The zero-order valence-electron chi connectivity index (χ0n) is 15.4. The molecule has 0 saturated carbocycles. The lowest BCUT2D eigenvalue weighted by Gasteiger charge is -2.32. The Morgan fingerprint density at radius 1 is 1.27 bits per heavy atom. The summed E-state index contributed by atoms with van der Waals surface area (Å²) in [6.45, 7) is 6.31. The van der Waals surface area contributed by atoms with Gasteiger partial charge in [-0.05, 0) is 48.9 Å². The number of rotatable bonds is 7. The largest absolute Gasteiger partial charge is 0.356 e. The van der Waals surface area contributed by atoms with Gasteiger partial charge in [0, 0.05) is 57.0 Å². The topological polar surface area (TPSA) is 44.6 Å². The molecular weight excluding hydrogens is 457 g/mol. The van der Waals surface area contributed by atoms with Gasteiger partial charge in [0.1, 0.15) is 0 Å². The summed E-state index contributed by atoms with van der Waals surface area (Å²) < 4.78 is 2.17. The van der Waals surface area contributed by atoms with Crippen molar-refractivity contribution in [1.82, 2.24) is 20.1 Å². The molecule has 3 heterocycles. The molecule has 1 fully saturated rings. The van der Waals surface area contributed by atoms with E-state index in [1.54, 1.807) is 0 Å². The molecule has 5 nitrogen and oxygen atoms in total. The van der Waals surface area contributed by atoms with Gasteiger partial charge < -0.3 is 15.2 Å². The zero-order chi connectivity index (χ0) is 17.3. The Kier molecular flexibility index (Phi) is 9.49. The lowest BCUT2D eigenvalue weighted by atomic mass is 9.98. The van der Waals surface area contributed by atoms with E-state index >= 15 is 0 Å². The Hall–Kier alpha value is -1.06. The fraction of sp³-hybridized carbons (Fsp3) is 0.526. The maximum atomic E-state index is 4.34. The second kappa shape index (κ2) is 11.6. The molecule has 2 N–H and O–H groups in total. The summed E-state index contributed by atoms with van der Waals surface area (Å²) in [6, 6.07) is 8.49. The van der Waals surface area contributed by atoms with E-state index in [4.69, 9.17) is 0 Å². The highest BCUT2D eigenvalue weighted by Gasteiger charge is 2.20. The molecule has 0 spiro atoms. The third-order valence-corrected chi connectivity index (χ3v) is 5.53. The van der Waals surface area contributed by atoms with Gasteiger partial charge in [-0.15, -0.1) is 35.3 Å². The predicted octanol–water partition coefficient (Wildman–Crippen LogP) is 3.24. The smallest absolute Gasteiger partial charge is 0.191 e. The fourth-order valence-corrected chi connectivity index (χ4v) is 4.11. The Morgan fingerprint density at radius 2 is 2.12 bits per heavy atom. The number of nitrogens with one attached hydrogen (secondary N) is 2. The normalized spacial score (nSPS) is 18.3. The van der Waals surface area contributed by atoms with Crippen molar-refractivity contribution in [2.45, 2.75) is 25.9 Å². The summed E-state index contributed by atoms with van der Waals surface area (Å²) in [4.78, 5) is 8.40. The van der Waals surface area contributed by atoms with Crippen LogP contribution in [-0.4, -0.2) is 48.7 Å². The van der Waals surface area contributed by atoms with Crippen molar-refractivity contribution in [2.75, 3.05) is 33.2 Å². The highest BCUT2D eigenvalue weighted by Crippen LogP contribution is 2.19. The van der Waals surface area contributed by atoms with Gasteiger partial charge in [0.25, 0.3) is 0 Å². The van der Waals surface area contributed by atoms with Crippen molar-refractivity contribution >= 4 is 41.3 Å². The van der Waals surface area contributed by atoms with Gasteiger partial charge in [-0.1, -0.05) is 6.07 Å². The monoisotopic (exact) mass is 487 g/mol. The summed E-state index contributed by atoms with van der Waals surface area (Å²) >= 11 is 1.86. The number of aliphatic imine (C=N–C) groups is 1. The molecule has 2 aromatic heterocycles. The maximum absolute atomic E-state index is 4.34. The standard InChI is InChI=1S/C19H29N5S.HI/c1-20-19(21-8-12-23-9-2-3-10-23)22-14-17-6-4-11-24(15-17)16-18-7-5-13-25-18;/h2-3,5,7,9-10,13,17H,4,6,8,11-12,14-16H2,1H3,(H2,20,21,22);1H. The van der Waals surface area contributed by atoms with Crippen LogP contribution in [0.25, 0.3) is 0 Å². The molecule has 1 atom stereocenters. The van der Waals surface area contributed by atoms with Gasteiger partial charge in [0.15, 0.2) is 5.96 Å². The Morgan fingerprint density at radius 3 is 2.85 bits per heavy atom. The Bertz CT molecular complexity index is 626. The predicted molar refractivity (Wildman–Crippen MR) is 122 cm³/mol. The van der Waals surface area contributed by atoms with Gasteiger partial charge in [-0.3, -0.25) is 9.89 Å². The van der Waals surface area contributed by atoms with Crippen LogP contribution in [0.2, 0.25) is 0 Å². The molecule has 26 heavy (non-hydrogen) atoms. The number of likely N-dealkylation sites (tertiary alicyclic amines) is 1. The number of halogens is 1. The first-order chi connectivity index (χ1) is 12.3. The molecule has 0 aromatic carbocycles. The average molecular weight is 487 g/mol. The molecule has 0 aliphatic carbocycles. The average Bonchev–Trinajstić information content (AvgIpc) is 3.32. The van der Waals surface area contributed by atoms with Crippen LogP contribution in [0.3, 0.4) is 0 Å². The summed E-state index contributed by atoms with van der Waals surface area (Å²) in [6.07, 6.45) is 6.76. The van der Waals surface area contributed by atoms with Gasteiger partial charge >= 0.3 is 0 Å². The lowest BCUT2D eigenvalue weighted by molar-refractivity contribution is 0.169. The number of thiophene rings is 1. The fourth-order valence-electron chi connectivity index (χ4n) is 3.37. The molecule has 1 aliphatic rings. The third kappa shape index (κ3) is 6.92. The van der Waals surface area contributed by atoms with E-state index in [2.05, 4.69) is 67.1 Å². The van der Waals surface area contributed by atoms with E-state index in [1.807, 2.05) is 18.4 Å². The van der Waals surface area contributed by atoms with Crippen molar-refractivity contribution < 1.29 is 0 Å². The van der Waals surface area contributed by atoms with Crippen LogP contribution in [0.1, 0.15) is 17.7 Å². The summed E-state index contributed by atoms with van der Waals surface area (Å²) in [5, 5.41) is 9.07. The SMILES string of the molecule is CN=C(NCCn1cccc1)NCC1CCCN(Cc2cccs2)C1.I. The van der Waals surface area contributed by atoms with E-state index in [0.29, 0.717) is 5.92 Å². The van der Waals surface area contributed by atoms with Gasteiger partial charge in [-0.2, -0.15) is 0 Å². The van der Waals surface area contributed by atoms with E-state index in [0.717, 1.165) is 32.1 Å². The summed E-state index contributed by atoms with van der Waals surface area (Å²) in [5.41, 5.74) is 0. The summed E-state index contributed by atoms with van der Waals surface area (Å²) in [7, 11) is 1.84. The van der Waals surface area contributed by atoms with Crippen molar-refractivity contribution in [1.29, 1.82) is 0 Å². The second-order valence-corrected chi connectivity index (χ2v) is 7.66. The van der Waals surface area contributed by atoms with Crippen molar-refractivity contribution in [3.05, 3.63) is 46.9 Å². The van der Waals surface area contributed by atoms with Crippen LogP contribution < -0.4 is 10.6 Å². The number of piperidine rings is 1. The third-order valence-electron chi connectivity index (χ3n) is 4.67. The number of nitrogens with zero attached hydrogens (tertiary/aromatic N) is 3. The lowest BCUT2D eigenvalue weighted by Crippen LogP contribution is -2.44. The Balaban J connectivity index is 0.00000243. The zero-order valence-corrected chi connectivity index (χ0v) is 18.6. The van der Waals surface area contributed by atoms with Crippen LogP contribution in [0.4, 0.5) is 0 Å². The van der Waals surface area contributed by atoms with E-state index in [-0.39, 0.29) is 24.0 Å². The number of hydrogen-bond acceptors (Lipinski definition) is 3. The number of guanidine groups is 1. The molecule has 3 rings (SSSR count). The molecule has 1 saturated heterocycles. The molecule has 0 bridgehead atoms. The number of aromatic nitrogens is 1. The van der Waals surface area contributed by atoms with Gasteiger partial charge in [-0.25, -0.2) is 0 Å². The van der Waals surface area contributed by atoms with E-state index < -0.39 is 0 Å². The first kappa shape index (κ1) is 21.2. The molecular formula is C19H30IN5S. The molecule has 0 amide bonds. The molecule has 144 valence electrons. The number of hydrogen-bond donors (Lipinski definition) is 2. The van der Waals surface area contributed by atoms with Crippen molar-refractivity contribution in [3.8, 4) is 0 Å². The van der Waals surface area contributed by atoms with Crippen LogP contribution in [-0.2, 0) is 13.1 Å². The van der Waals surface area contributed by atoms with Gasteiger partial charge in [0.2, 0.25) is 0 Å². The quantitative estimate of drug-likeness (QED) is 0.358. The highest BCUT2D eigenvalue weighted by atomic mass is 127. The minimum Gasteiger partial charge on any atom is -0.356 e. The minimum atomic E-state index is 0. The van der Waals surface area contributed by atoms with Crippen LogP contribution in [0.5, 0.6) is 0 Å². The van der Waals surface area contributed by atoms with E-state index in [9.17, 15) is 0 Å². The van der Waals surface area contributed by atoms with Crippen molar-refractivity contribution in [2.24, 2.45) is 10.9 Å². The second-order valence-electron chi connectivity index (χ2n) is 6.62. The van der Waals surface area contributed by atoms with Crippen LogP contribution >= 0.6 is 35.3 Å². The first-order valence-corrected chi connectivity index (χ1v) is 10.0. The van der Waals surface area contributed by atoms with E-state index in [1.165, 1.54) is 30.8 Å². The maximum Gasteiger partial charge on any atom is 0.191 e. The van der Waals surface area contributed by atoms with Crippen LogP contribution in [0.15, 0.2) is 47.0 Å². The minimum absolute atomic E-state index is 0. The van der Waals surface area contributed by atoms with Crippen LogP contribution in [0, 0.1) is 5.92 Å². The van der Waals surface area contributed by atoms with Gasteiger partial charge in [0.05, 0.1) is 0 Å². The molecule has 1 aliphatic heterocycles. The Labute approximate surface area is 177 Å². The van der Waals surface area contributed by atoms with Crippen molar-refractivity contribution in [3.63, 3.8) is 0 Å².